The molecular weight excluding hydrogens is 408 g/mol. The third-order valence-corrected chi connectivity index (χ3v) is 6.53. The summed E-state index contributed by atoms with van der Waals surface area (Å²) in [5.41, 5.74) is 3.11. The van der Waals surface area contributed by atoms with E-state index in [2.05, 4.69) is 10.7 Å². The largest absolute Gasteiger partial charge is 0.344 e. The van der Waals surface area contributed by atoms with E-state index in [-0.39, 0.29) is 5.56 Å². The Kier molecular flexibility index (Phi) is 4.53. The number of anilines is 1. The fraction of sp³-hybridized carbons (Fsp3) is 0.250. The van der Waals surface area contributed by atoms with Gasteiger partial charge in [-0.25, -0.2) is 13.2 Å². The molecule has 2 aromatic rings. The molecule has 4 rings (SSSR count). The van der Waals surface area contributed by atoms with Crippen LogP contribution < -0.4 is 15.0 Å². The zero-order valence-corrected chi connectivity index (χ0v) is 17.2. The highest BCUT2D eigenvalue weighted by Crippen LogP contribution is 2.31. The van der Waals surface area contributed by atoms with Gasteiger partial charge >= 0.3 is 6.03 Å². The number of hydrazine groups is 1. The van der Waals surface area contributed by atoms with Crippen LogP contribution in [-0.2, 0) is 26.8 Å². The van der Waals surface area contributed by atoms with Crippen LogP contribution in [-0.4, -0.2) is 44.1 Å². The van der Waals surface area contributed by atoms with Crippen LogP contribution in [0.25, 0.3) is 0 Å². The highest BCUT2D eigenvalue weighted by molar-refractivity contribution is 7.92. The third kappa shape index (κ3) is 3.18. The van der Waals surface area contributed by atoms with Crippen molar-refractivity contribution in [3.05, 3.63) is 65.2 Å². The zero-order chi connectivity index (χ0) is 21.7. The number of nitrogens with one attached hydrogen (secondary N) is 2. The van der Waals surface area contributed by atoms with E-state index in [1.807, 2.05) is 0 Å². The first-order valence-electron chi connectivity index (χ1n) is 9.25. The van der Waals surface area contributed by atoms with Crippen LogP contribution in [0.1, 0.15) is 28.4 Å². The topological polar surface area (TPSA) is 116 Å². The van der Waals surface area contributed by atoms with Crippen molar-refractivity contribution in [1.82, 2.24) is 15.8 Å². The maximum Gasteiger partial charge on any atom is 0.344 e. The van der Waals surface area contributed by atoms with E-state index >= 15 is 0 Å². The number of hydrogen-bond acceptors (Lipinski definition) is 5. The number of imide groups is 1. The molecule has 2 N–H and O–H groups in total. The average Bonchev–Trinajstić information content (AvgIpc) is 3.23. The standard InChI is InChI=1S/C20H20N4O5S/c1-20(15-6-4-3-5-7-15)18(26)24(19(27)21-20)22-17(25)14-8-9-16-13(12-14)10-11-23(16)30(2,28)29/h3-9,12H,10-11H2,1-2H3,(H,21,27)(H,22,25)/t20-/m1/s1. The van der Waals surface area contributed by atoms with Gasteiger partial charge in [0.15, 0.2) is 0 Å². The van der Waals surface area contributed by atoms with E-state index < -0.39 is 33.4 Å². The van der Waals surface area contributed by atoms with Crippen LogP contribution in [0.15, 0.2) is 48.5 Å². The molecule has 1 saturated heterocycles. The fourth-order valence-corrected chi connectivity index (χ4v) is 4.69. The Morgan fingerprint density at radius 1 is 1.13 bits per heavy atom. The lowest BCUT2D eigenvalue weighted by atomic mass is 9.92. The van der Waals surface area contributed by atoms with Crippen molar-refractivity contribution in [3.63, 3.8) is 0 Å². The number of amides is 4. The first-order valence-corrected chi connectivity index (χ1v) is 11.1. The van der Waals surface area contributed by atoms with Gasteiger partial charge in [0.1, 0.15) is 5.54 Å². The first-order chi connectivity index (χ1) is 14.1. The van der Waals surface area contributed by atoms with Gasteiger partial charge in [-0.05, 0) is 42.7 Å². The average molecular weight is 428 g/mol. The summed E-state index contributed by atoms with van der Waals surface area (Å²) in [5, 5.41) is 3.29. The van der Waals surface area contributed by atoms with E-state index in [0.717, 1.165) is 6.26 Å². The monoisotopic (exact) mass is 428 g/mol. The molecule has 156 valence electrons. The quantitative estimate of drug-likeness (QED) is 0.708. The van der Waals surface area contributed by atoms with Gasteiger partial charge < -0.3 is 5.32 Å². The summed E-state index contributed by atoms with van der Waals surface area (Å²) in [5.74, 6) is -1.24. The summed E-state index contributed by atoms with van der Waals surface area (Å²) in [4.78, 5) is 38.0. The Bertz CT molecular complexity index is 1160. The lowest BCUT2D eigenvalue weighted by molar-refractivity contribution is -0.132. The normalized spacial score (nSPS) is 20.9. The molecule has 2 heterocycles. The Morgan fingerprint density at radius 2 is 1.83 bits per heavy atom. The van der Waals surface area contributed by atoms with Crippen LogP contribution in [0.5, 0.6) is 0 Å². The molecule has 1 atom stereocenters. The highest BCUT2D eigenvalue weighted by Gasteiger charge is 2.50. The second-order valence-corrected chi connectivity index (χ2v) is 9.34. The molecule has 0 saturated carbocycles. The highest BCUT2D eigenvalue weighted by atomic mass is 32.2. The zero-order valence-electron chi connectivity index (χ0n) is 16.4. The number of benzene rings is 2. The third-order valence-electron chi connectivity index (χ3n) is 5.35. The van der Waals surface area contributed by atoms with Gasteiger partial charge in [0, 0.05) is 12.1 Å². The van der Waals surface area contributed by atoms with E-state index in [1.165, 1.54) is 10.4 Å². The molecule has 10 heteroatoms. The maximum absolute atomic E-state index is 12.9. The number of carbonyl (C=O) groups excluding carboxylic acids is 3. The minimum absolute atomic E-state index is 0.220. The molecule has 0 aromatic heterocycles. The Labute approximate surface area is 173 Å². The van der Waals surface area contributed by atoms with Gasteiger partial charge in [-0.3, -0.25) is 19.3 Å². The van der Waals surface area contributed by atoms with Gasteiger partial charge in [-0.1, -0.05) is 30.3 Å². The molecule has 0 bridgehead atoms. The van der Waals surface area contributed by atoms with Crippen molar-refractivity contribution in [2.45, 2.75) is 18.9 Å². The number of rotatable bonds is 4. The van der Waals surface area contributed by atoms with Gasteiger partial charge in [-0.15, -0.1) is 0 Å². The summed E-state index contributed by atoms with van der Waals surface area (Å²) in [6.45, 7) is 1.88. The molecule has 1 fully saturated rings. The molecule has 30 heavy (non-hydrogen) atoms. The lowest BCUT2D eigenvalue weighted by Gasteiger charge is -2.22. The molecule has 0 aliphatic carbocycles. The van der Waals surface area contributed by atoms with E-state index in [1.54, 1.807) is 49.4 Å². The number of nitrogens with zero attached hydrogens (tertiary/aromatic N) is 2. The summed E-state index contributed by atoms with van der Waals surface area (Å²) in [7, 11) is -3.39. The van der Waals surface area contributed by atoms with Crippen molar-refractivity contribution in [3.8, 4) is 0 Å². The second-order valence-electron chi connectivity index (χ2n) is 7.43. The molecule has 9 nitrogen and oxygen atoms in total. The van der Waals surface area contributed by atoms with Crippen LogP contribution in [0.4, 0.5) is 10.5 Å². The molecule has 0 radical (unpaired) electrons. The smallest absolute Gasteiger partial charge is 0.318 e. The van der Waals surface area contributed by atoms with Crippen molar-refractivity contribution in [1.29, 1.82) is 0 Å². The van der Waals surface area contributed by atoms with Crippen molar-refractivity contribution < 1.29 is 22.8 Å². The summed E-state index contributed by atoms with van der Waals surface area (Å²) in [6.07, 6.45) is 1.60. The minimum Gasteiger partial charge on any atom is -0.318 e. The van der Waals surface area contributed by atoms with Crippen LogP contribution >= 0.6 is 0 Å². The Morgan fingerprint density at radius 3 is 2.50 bits per heavy atom. The van der Waals surface area contributed by atoms with Gasteiger partial charge in [-0.2, -0.15) is 5.01 Å². The SMILES string of the molecule is C[C@]1(c2ccccc2)NC(=O)N(NC(=O)c2ccc3c(c2)CCN3S(C)(=O)=O)C1=O. The second kappa shape index (κ2) is 6.84. The molecule has 0 unspecified atom stereocenters. The van der Waals surface area contributed by atoms with Crippen LogP contribution in [0.3, 0.4) is 0 Å². The van der Waals surface area contributed by atoms with Gasteiger partial charge in [0.25, 0.3) is 11.8 Å². The molecule has 4 amide bonds. The number of carbonyl (C=O) groups is 3. The molecule has 2 aliphatic heterocycles. The van der Waals surface area contributed by atoms with Gasteiger partial charge in [0.2, 0.25) is 10.0 Å². The van der Waals surface area contributed by atoms with Crippen LogP contribution in [0.2, 0.25) is 0 Å². The lowest BCUT2D eigenvalue weighted by Crippen LogP contribution is -2.47. The van der Waals surface area contributed by atoms with Gasteiger partial charge in [0.05, 0.1) is 11.9 Å². The molecule has 2 aliphatic rings. The van der Waals surface area contributed by atoms with Crippen molar-refractivity contribution in [2.75, 3.05) is 17.1 Å². The predicted molar refractivity (Wildman–Crippen MR) is 109 cm³/mol. The number of urea groups is 1. The summed E-state index contributed by atoms with van der Waals surface area (Å²) in [6, 6.07) is 12.6. The first kappa shape index (κ1) is 19.9. The van der Waals surface area contributed by atoms with E-state index in [0.29, 0.717) is 34.8 Å². The fourth-order valence-electron chi connectivity index (χ4n) is 3.73. The molecule has 2 aromatic carbocycles. The van der Waals surface area contributed by atoms with E-state index in [9.17, 15) is 22.8 Å². The number of hydrogen-bond donors (Lipinski definition) is 2. The number of sulfonamides is 1. The van der Waals surface area contributed by atoms with Crippen molar-refractivity contribution in [2.24, 2.45) is 0 Å². The maximum atomic E-state index is 12.9. The summed E-state index contributed by atoms with van der Waals surface area (Å²) < 4.78 is 25.0. The Hall–Kier alpha value is -3.40. The van der Waals surface area contributed by atoms with E-state index in [4.69, 9.17) is 0 Å². The molecular formula is C20H20N4O5S. The predicted octanol–water partition coefficient (Wildman–Crippen LogP) is 1.12. The summed E-state index contributed by atoms with van der Waals surface area (Å²) >= 11 is 0. The van der Waals surface area contributed by atoms with Crippen molar-refractivity contribution >= 4 is 33.6 Å². The Balaban J connectivity index is 1.55. The number of fused-ring (bicyclic) bond motifs is 1. The van der Waals surface area contributed by atoms with Crippen LogP contribution in [0, 0.1) is 0 Å². The minimum atomic E-state index is -3.39. The molecule has 0 spiro atoms.